The number of aromatic amines is 1. The van der Waals surface area contributed by atoms with Crippen LogP contribution in [0, 0.1) is 13.8 Å². The zero-order chi connectivity index (χ0) is 18.6. The van der Waals surface area contributed by atoms with E-state index in [1.165, 1.54) is 9.78 Å². The lowest BCUT2D eigenvalue weighted by Crippen LogP contribution is -3.14. The highest BCUT2D eigenvalue weighted by atomic mass is 32.1. The average molecular weight is 364 g/mol. The molecule has 136 valence electrons. The van der Waals surface area contributed by atoms with E-state index in [1.807, 2.05) is 13.0 Å². The van der Waals surface area contributed by atoms with E-state index >= 15 is 0 Å². The molecule has 0 aromatic carbocycles. The van der Waals surface area contributed by atoms with Gasteiger partial charge in [0.2, 0.25) is 5.78 Å². The number of rotatable bonds is 8. The Morgan fingerprint density at radius 3 is 2.60 bits per heavy atom. The van der Waals surface area contributed by atoms with E-state index in [4.69, 9.17) is 4.74 Å². The number of quaternary nitrogens is 1. The predicted octanol–water partition coefficient (Wildman–Crippen LogP) is 2.55. The van der Waals surface area contributed by atoms with Gasteiger partial charge in [0.25, 0.3) is 0 Å². The van der Waals surface area contributed by atoms with Gasteiger partial charge in [-0.2, -0.15) is 0 Å². The van der Waals surface area contributed by atoms with E-state index in [-0.39, 0.29) is 17.8 Å². The number of aryl methyl sites for hydroxylation is 1. The fourth-order valence-corrected chi connectivity index (χ4v) is 3.89. The molecule has 6 heteroatoms. The van der Waals surface area contributed by atoms with Gasteiger partial charge < -0.3 is 14.6 Å². The molecule has 2 N–H and O–H groups in total. The second kappa shape index (κ2) is 8.45. The Bertz CT molecular complexity index is 734. The van der Waals surface area contributed by atoms with Crippen molar-refractivity contribution in [3.8, 4) is 0 Å². The number of esters is 1. The Labute approximate surface area is 153 Å². The monoisotopic (exact) mass is 363 g/mol. The van der Waals surface area contributed by atoms with Crippen molar-refractivity contribution in [3.05, 3.63) is 44.9 Å². The standard InChI is InChI=1S/C19H26N2O3S/c1-6-21(11-15-9-8-10-25-15)14(5)18(22)17-12(3)16(13(4)20-17)19(23)24-7-2/h8-10,14,20H,6-7,11H2,1-5H3/p+1/t14-/m1/s1. The molecule has 2 aromatic rings. The smallest absolute Gasteiger partial charge is 0.340 e. The first kappa shape index (κ1) is 19.4. The molecule has 0 amide bonds. The van der Waals surface area contributed by atoms with Crippen LogP contribution in [0.15, 0.2) is 17.5 Å². The SMILES string of the molecule is CCOC(=O)c1c(C)[nH]c(C(=O)[C@@H](C)[NH+](CC)Cc2cccs2)c1C. The van der Waals surface area contributed by atoms with Crippen molar-refractivity contribution >= 4 is 23.1 Å². The minimum atomic E-state index is -0.376. The van der Waals surface area contributed by atoms with Crippen LogP contribution in [0.5, 0.6) is 0 Å². The van der Waals surface area contributed by atoms with Gasteiger partial charge in [0.1, 0.15) is 6.54 Å². The van der Waals surface area contributed by atoms with E-state index in [9.17, 15) is 9.59 Å². The van der Waals surface area contributed by atoms with E-state index in [0.717, 1.165) is 13.1 Å². The summed E-state index contributed by atoms with van der Waals surface area (Å²) < 4.78 is 5.11. The highest BCUT2D eigenvalue weighted by Crippen LogP contribution is 2.20. The number of carbonyl (C=O) groups excluding carboxylic acids is 2. The molecular formula is C19H27N2O3S+. The average Bonchev–Trinajstić information content (AvgIpc) is 3.19. The molecule has 0 bridgehead atoms. The molecule has 0 aliphatic rings. The summed E-state index contributed by atoms with van der Waals surface area (Å²) in [6, 6.07) is 3.93. The number of carbonyl (C=O) groups is 2. The number of nitrogens with one attached hydrogen (secondary N) is 2. The number of ketones is 1. The Hall–Kier alpha value is -1.92. The molecule has 0 spiro atoms. The topological polar surface area (TPSA) is 63.6 Å². The lowest BCUT2D eigenvalue weighted by Gasteiger charge is -2.23. The van der Waals surface area contributed by atoms with Gasteiger partial charge in [-0.25, -0.2) is 4.79 Å². The number of Topliss-reactive ketones (excluding diaryl/α,β-unsaturated/α-hetero) is 1. The van der Waals surface area contributed by atoms with Gasteiger partial charge in [-0.1, -0.05) is 6.07 Å². The number of H-pyrrole nitrogens is 1. The van der Waals surface area contributed by atoms with Crippen LogP contribution in [0.2, 0.25) is 0 Å². The molecular weight excluding hydrogens is 336 g/mol. The number of hydrogen-bond donors (Lipinski definition) is 2. The highest BCUT2D eigenvalue weighted by Gasteiger charge is 2.30. The zero-order valence-electron chi connectivity index (χ0n) is 15.6. The summed E-state index contributed by atoms with van der Waals surface area (Å²) in [6.45, 7) is 11.4. The van der Waals surface area contributed by atoms with Crippen molar-refractivity contribution in [1.82, 2.24) is 4.98 Å². The molecule has 0 saturated heterocycles. The fraction of sp³-hybridized carbons (Fsp3) is 0.474. The quantitative estimate of drug-likeness (QED) is 0.560. The molecule has 5 nitrogen and oxygen atoms in total. The molecule has 1 unspecified atom stereocenters. The van der Waals surface area contributed by atoms with Crippen LogP contribution in [0.3, 0.4) is 0 Å². The number of thiophene rings is 1. The molecule has 0 fully saturated rings. The lowest BCUT2D eigenvalue weighted by atomic mass is 10.0. The third-order valence-corrected chi connectivity index (χ3v) is 5.48. The molecule has 2 atom stereocenters. The third-order valence-electron chi connectivity index (χ3n) is 4.60. The maximum absolute atomic E-state index is 13.0. The summed E-state index contributed by atoms with van der Waals surface area (Å²) in [5.41, 5.74) is 2.36. The molecule has 0 aliphatic carbocycles. The predicted molar refractivity (Wildman–Crippen MR) is 99.5 cm³/mol. The zero-order valence-corrected chi connectivity index (χ0v) is 16.4. The van der Waals surface area contributed by atoms with Crippen molar-refractivity contribution in [2.24, 2.45) is 0 Å². The first-order valence-corrected chi connectivity index (χ1v) is 9.56. The Morgan fingerprint density at radius 1 is 1.32 bits per heavy atom. The van der Waals surface area contributed by atoms with Crippen LogP contribution in [0.4, 0.5) is 0 Å². The minimum Gasteiger partial charge on any atom is -0.462 e. The lowest BCUT2D eigenvalue weighted by molar-refractivity contribution is -0.925. The number of likely N-dealkylation sites (N-methyl/N-ethyl adjacent to an activating group) is 1. The van der Waals surface area contributed by atoms with E-state index in [1.54, 1.807) is 32.1 Å². The van der Waals surface area contributed by atoms with Gasteiger partial charge in [0, 0.05) is 5.69 Å². The molecule has 0 saturated carbocycles. The fourth-order valence-electron chi connectivity index (χ4n) is 3.13. The van der Waals surface area contributed by atoms with Gasteiger partial charge in [-0.05, 0) is 51.6 Å². The van der Waals surface area contributed by atoms with Crippen molar-refractivity contribution < 1.29 is 19.2 Å². The van der Waals surface area contributed by atoms with E-state index < -0.39 is 0 Å². The van der Waals surface area contributed by atoms with Crippen LogP contribution >= 0.6 is 11.3 Å². The van der Waals surface area contributed by atoms with Crippen LogP contribution in [0.25, 0.3) is 0 Å². The molecule has 2 heterocycles. The second-order valence-corrected chi connectivity index (χ2v) is 7.23. The third kappa shape index (κ3) is 4.19. The van der Waals surface area contributed by atoms with Crippen LogP contribution in [-0.4, -0.2) is 35.9 Å². The summed E-state index contributed by atoms with van der Waals surface area (Å²) in [7, 11) is 0. The van der Waals surface area contributed by atoms with E-state index in [2.05, 4.69) is 23.4 Å². The summed E-state index contributed by atoms with van der Waals surface area (Å²) in [5.74, 6) is -0.344. The maximum Gasteiger partial charge on any atom is 0.340 e. The normalized spacial score (nSPS) is 13.5. The van der Waals surface area contributed by atoms with Crippen LogP contribution in [-0.2, 0) is 11.3 Å². The van der Waals surface area contributed by atoms with Crippen molar-refractivity contribution in [3.63, 3.8) is 0 Å². The minimum absolute atomic E-state index is 0.0320. The summed E-state index contributed by atoms with van der Waals surface area (Å²) in [5, 5.41) is 2.05. The Kier molecular flexibility index (Phi) is 6.56. The number of aromatic nitrogens is 1. The Morgan fingerprint density at radius 2 is 2.04 bits per heavy atom. The molecule has 0 radical (unpaired) electrons. The largest absolute Gasteiger partial charge is 0.462 e. The maximum atomic E-state index is 13.0. The first-order valence-electron chi connectivity index (χ1n) is 8.68. The number of ether oxygens (including phenoxy) is 1. The summed E-state index contributed by atoms with van der Waals surface area (Å²) in [4.78, 5) is 30.8. The summed E-state index contributed by atoms with van der Waals surface area (Å²) in [6.07, 6.45) is 0. The highest BCUT2D eigenvalue weighted by molar-refractivity contribution is 7.09. The number of hydrogen-bond acceptors (Lipinski definition) is 4. The molecule has 25 heavy (non-hydrogen) atoms. The Balaban J connectivity index is 2.24. The van der Waals surface area contributed by atoms with Crippen molar-refractivity contribution in [2.45, 2.75) is 47.2 Å². The van der Waals surface area contributed by atoms with Crippen LogP contribution in [0.1, 0.15) is 57.8 Å². The summed E-state index contributed by atoms with van der Waals surface area (Å²) >= 11 is 1.71. The van der Waals surface area contributed by atoms with Gasteiger partial charge in [-0.15, -0.1) is 11.3 Å². The second-order valence-electron chi connectivity index (χ2n) is 6.20. The van der Waals surface area contributed by atoms with Gasteiger partial charge in [0.05, 0.1) is 29.3 Å². The van der Waals surface area contributed by atoms with Gasteiger partial charge >= 0.3 is 5.97 Å². The van der Waals surface area contributed by atoms with E-state index in [0.29, 0.717) is 29.1 Å². The van der Waals surface area contributed by atoms with Crippen molar-refractivity contribution in [2.75, 3.05) is 13.2 Å². The molecule has 2 rings (SSSR count). The molecule has 0 aliphatic heterocycles. The van der Waals surface area contributed by atoms with Crippen molar-refractivity contribution in [1.29, 1.82) is 0 Å². The molecule has 2 aromatic heterocycles. The van der Waals surface area contributed by atoms with Gasteiger partial charge in [0.15, 0.2) is 6.04 Å². The first-order chi connectivity index (χ1) is 11.9. The van der Waals surface area contributed by atoms with Crippen LogP contribution < -0.4 is 4.90 Å². The van der Waals surface area contributed by atoms with Gasteiger partial charge in [-0.3, -0.25) is 4.79 Å².